The Labute approximate surface area is 172 Å². The second-order valence-corrected chi connectivity index (χ2v) is 9.33. The molecule has 2 saturated carbocycles. The summed E-state index contributed by atoms with van der Waals surface area (Å²) >= 11 is 6.05. The fourth-order valence-electron chi connectivity index (χ4n) is 4.83. The van der Waals surface area contributed by atoms with Gasteiger partial charge in [-0.15, -0.1) is 0 Å². The lowest BCUT2D eigenvalue weighted by molar-refractivity contribution is -0.0493. The molecule has 154 valence electrons. The monoisotopic (exact) mass is 406 g/mol. The fraction of sp³-hybridized carbons (Fsp3) is 0.682. The molecule has 0 aromatic heterocycles. The number of fused-ring (bicyclic) bond motifs is 1. The molecule has 1 aliphatic heterocycles. The number of likely N-dealkylation sites (tertiary alicyclic amines) is 1. The number of rotatable bonds is 6. The van der Waals surface area contributed by atoms with Crippen molar-refractivity contribution in [1.82, 2.24) is 9.80 Å². The van der Waals surface area contributed by atoms with Crippen molar-refractivity contribution in [3.05, 3.63) is 28.8 Å². The van der Waals surface area contributed by atoms with Crippen molar-refractivity contribution in [3.8, 4) is 5.75 Å². The van der Waals surface area contributed by atoms with Gasteiger partial charge in [0.15, 0.2) is 0 Å². The molecule has 28 heavy (non-hydrogen) atoms. The van der Waals surface area contributed by atoms with Gasteiger partial charge >= 0.3 is 0 Å². The number of methoxy groups -OCH3 is 1. The maximum Gasteiger partial charge on any atom is 0.257 e. The Hall–Kier alpha value is -1.30. The van der Waals surface area contributed by atoms with Crippen LogP contribution in [0.3, 0.4) is 0 Å². The van der Waals surface area contributed by atoms with Gasteiger partial charge in [-0.3, -0.25) is 4.79 Å². The predicted octanol–water partition coefficient (Wildman–Crippen LogP) is 3.56. The summed E-state index contributed by atoms with van der Waals surface area (Å²) in [4.78, 5) is 17.5. The summed E-state index contributed by atoms with van der Waals surface area (Å²) < 4.78 is 11.7. The first kappa shape index (κ1) is 20.0. The molecule has 0 bridgehead atoms. The van der Waals surface area contributed by atoms with Crippen molar-refractivity contribution in [2.45, 2.75) is 37.8 Å². The summed E-state index contributed by atoms with van der Waals surface area (Å²) in [5, 5.41) is 0.577. The van der Waals surface area contributed by atoms with Crippen LogP contribution in [-0.4, -0.2) is 68.8 Å². The summed E-state index contributed by atoms with van der Waals surface area (Å²) in [5.74, 6) is 2.42. The first-order valence-electron chi connectivity index (χ1n) is 10.4. The van der Waals surface area contributed by atoms with E-state index in [1.807, 2.05) is 4.90 Å². The normalized spacial score (nSPS) is 29.8. The van der Waals surface area contributed by atoms with E-state index in [9.17, 15) is 4.79 Å². The number of hydrogen-bond donors (Lipinski definition) is 0. The van der Waals surface area contributed by atoms with Crippen LogP contribution in [0.25, 0.3) is 0 Å². The van der Waals surface area contributed by atoms with Gasteiger partial charge in [-0.25, -0.2) is 0 Å². The van der Waals surface area contributed by atoms with Crippen LogP contribution in [0.2, 0.25) is 5.02 Å². The lowest BCUT2D eigenvalue weighted by atomic mass is 9.77. The zero-order valence-electron chi connectivity index (χ0n) is 17.1. The molecule has 5 nitrogen and oxygen atoms in total. The number of amides is 1. The highest BCUT2D eigenvalue weighted by atomic mass is 35.5. The van der Waals surface area contributed by atoms with Gasteiger partial charge < -0.3 is 19.3 Å². The number of ether oxygens (including phenoxy) is 2. The van der Waals surface area contributed by atoms with Crippen LogP contribution in [0.15, 0.2) is 18.2 Å². The molecule has 1 amide bonds. The van der Waals surface area contributed by atoms with Crippen molar-refractivity contribution in [2.24, 2.45) is 17.8 Å². The maximum atomic E-state index is 13.2. The SMILES string of the molecule is COc1cc(Cl)ccc1C(=O)N1C[C@H]2C[C@@H](N(C)C)[C@H](OCC3CC3)C[C@H]2C1. The number of halogens is 1. The molecule has 0 N–H and O–H groups in total. The average Bonchev–Trinajstić information content (AvgIpc) is 3.42. The molecule has 2 aliphatic carbocycles. The third-order valence-corrected chi connectivity index (χ3v) is 6.91. The van der Waals surface area contributed by atoms with Crippen molar-refractivity contribution >= 4 is 17.5 Å². The Bertz CT molecular complexity index is 722. The summed E-state index contributed by atoms with van der Waals surface area (Å²) in [6.45, 7) is 2.52. The van der Waals surface area contributed by atoms with Crippen LogP contribution in [0.4, 0.5) is 0 Å². The van der Waals surface area contributed by atoms with Crippen LogP contribution in [0.1, 0.15) is 36.0 Å². The Morgan fingerprint density at radius 2 is 1.93 bits per heavy atom. The van der Waals surface area contributed by atoms with Gasteiger partial charge in [0, 0.05) is 30.8 Å². The second kappa shape index (κ2) is 8.21. The van der Waals surface area contributed by atoms with Crippen LogP contribution >= 0.6 is 11.6 Å². The molecular weight excluding hydrogens is 376 g/mol. The molecule has 1 heterocycles. The molecule has 0 unspecified atom stereocenters. The van der Waals surface area contributed by atoms with Gasteiger partial charge in [0.2, 0.25) is 0 Å². The Kier molecular flexibility index (Phi) is 5.86. The van der Waals surface area contributed by atoms with Gasteiger partial charge in [-0.1, -0.05) is 11.6 Å². The Balaban J connectivity index is 1.45. The smallest absolute Gasteiger partial charge is 0.257 e. The van der Waals surface area contributed by atoms with Crippen LogP contribution < -0.4 is 4.74 Å². The Morgan fingerprint density at radius 3 is 2.57 bits per heavy atom. The van der Waals surface area contributed by atoms with Gasteiger partial charge in [0.05, 0.1) is 18.8 Å². The summed E-state index contributed by atoms with van der Waals surface area (Å²) in [6, 6.07) is 5.67. The predicted molar refractivity (Wildman–Crippen MR) is 110 cm³/mol. The fourth-order valence-corrected chi connectivity index (χ4v) is 5.00. The summed E-state index contributed by atoms with van der Waals surface area (Å²) in [6.07, 6.45) is 5.04. The molecule has 3 fully saturated rings. The molecule has 4 atom stereocenters. The zero-order valence-corrected chi connectivity index (χ0v) is 17.8. The van der Waals surface area contributed by atoms with E-state index in [0.29, 0.717) is 34.2 Å². The van der Waals surface area contributed by atoms with Gasteiger partial charge in [0.25, 0.3) is 5.91 Å². The molecular formula is C22H31ClN2O3. The van der Waals surface area contributed by atoms with Crippen molar-refractivity contribution < 1.29 is 14.3 Å². The highest BCUT2D eigenvalue weighted by Gasteiger charge is 2.45. The molecule has 4 rings (SSSR count). The minimum atomic E-state index is 0.0415. The van der Waals surface area contributed by atoms with Crippen molar-refractivity contribution in [3.63, 3.8) is 0 Å². The van der Waals surface area contributed by atoms with E-state index in [4.69, 9.17) is 21.1 Å². The molecule has 3 aliphatic rings. The van der Waals surface area contributed by atoms with E-state index in [0.717, 1.165) is 38.5 Å². The lowest BCUT2D eigenvalue weighted by Crippen LogP contribution is -2.48. The maximum absolute atomic E-state index is 13.2. The van der Waals surface area contributed by atoms with E-state index < -0.39 is 0 Å². The number of carbonyl (C=O) groups is 1. The third-order valence-electron chi connectivity index (χ3n) is 6.67. The lowest BCUT2D eigenvalue weighted by Gasteiger charge is -2.41. The number of benzene rings is 1. The van der Waals surface area contributed by atoms with Crippen LogP contribution in [-0.2, 0) is 4.74 Å². The first-order valence-corrected chi connectivity index (χ1v) is 10.7. The van der Waals surface area contributed by atoms with E-state index in [1.54, 1.807) is 25.3 Å². The molecule has 0 radical (unpaired) electrons. The Morgan fingerprint density at radius 1 is 1.21 bits per heavy atom. The van der Waals surface area contributed by atoms with Crippen LogP contribution in [0.5, 0.6) is 5.75 Å². The van der Waals surface area contributed by atoms with Crippen molar-refractivity contribution in [2.75, 3.05) is 40.9 Å². The average molecular weight is 407 g/mol. The molecule has 1 aromatic rings. The molecule has 6 heteroatoms. The van der Waals surface area contributed by atoms with E-state index >= 15 is 0 Å². The highest BCUT2D eigenvalue weighted by molar-refractivity contribution is 6.30. The minimum absolute atomic E-state index is 0.0415. The van der Waals surface area contributed by atoms with E-state index in [1.165, 1.54) is 12.8 Å². The summed E-state index contributed by atoms with van der Waals surface area (Å²) in [7, 11) is 5.87. The van der Waals surface area contributed by atoms with E-state index in [-0.39, 0.29) is 12.0 Å². The minimum Gasteiger partial charge on any atom is -0.496 e. The van der Waals surface area contributed by atoms with Gasteiger partial charge in [0.1, 0.15) is 5.75 Å². The quantitative estimate of drug-likeness (QED) is 0.724. The third kappa shape index (κ3) is 4.17. The van der Waals surface area contributed by atoms with Crippen molar-refractivity contribution in [1.29, 1.82) is 0 Å². The van der Waals surface area contributed by atoms with E-state index in [2.05, 4.69) is 19.0 Å². The van der Waals surface area contributed by atoms with Crippen LogP contribution in [0, 0.1) is 17.8 Å². The molecule has 1 aromatic carbocycles. The summed E-state index contributed by atoms with van der Waals surface area (Å²) in [5.41, 5.74) is 0.594. The zero-order chi connectivity index (χ0) is 19.8. The number of nitrogens with zero attached hydrogens (tertiary/aromatic N) is 2. The topological polar surface area (TPSA) is 42.0 Å². The number of hydrogen-bond acceptors (Lipinski definition) is 4. The number of carbonyl (C=O) groups excluding carboxylic acids is 1. The molecule has 0 spiro atoms. The largest absolute Gasteiger partial charge is 0.496 e. The second-order valence-electron chi connectivity index (χ2n) is 8.89. The first-order chi connectivity index (χ1) is 13.5. The highest BCUT2D eigenvalue weighted by Crippen LogP contribution is 2.41. The van der Waals surface area contributed by atoms with Gasteiger partial charge in [-0.05, 0) is 75.7 Å². The molecule has 1 saturated heterocycles. The standard InChI is InChI=1S/C22H31ClN2O3/c1-24(2)19-8-15-11-25(12-16(15)9-21(19)28-13-14-4-5-14)22(26)18-7-6-17(23)10-20(18)27-3/h6-7,10,14-16,19,21H,4-5,8-9,11-13H2,1-3H3/t15-,16+,19-,21-/m1/s1. The number of likely N-dealkylation sites (N-methyl/N-ethyl adjacent to an activating group) is 1. The van der Waals surface area contributed by atoms with Gasteiger partial charge in [-0.2, -0.15) is 0 Å².